The predicted octanol–water partition coefficient (Wildman–Crippen LogP) is 4.50. The van der Waals surface area contributed by atoms with Gasteiger partial charge in [0, 0.05) is 0 Å². The van der Waals surface area contributed by atoms with Gasteiger partial charge in [-0.2, -0.15) is 0 Å². The van der Waals surface area contributed by atoms with Crippen LogP contribution in [0.25, 0.3) is 0 Å². The molecule has 0 aliphatic carbocycles. The van der Waals surface area contributed by atoms with Gasteiger partial charge >= 0.3 is 0 Å². The van der Waals surface area contributed by atoms with Gasteiger partial charge in [-0.05, 0) is 48.7 Å². The van der Waals surface area contributed by atoms with Gasteiger partial charge in [0.2, 0.25) is 5.91 Å². The van der Waals surface area contributed by atoms with Crippen molar-refractivity contribution in [3.05, 3.63) is 64.5 Å². The van der Waals surface area contributed by atoms with Gasteiger partial charge < -0.3 is 0 Å². The van der Waals surface area contributed by atoms with Gasteiger partial charge in [0.1, 0.15) is 11.2 Å². The van der Waals surface area contributed by atoms with E-state index >= 15 is 0 Å². The number of carbonyl (C=O) groups is 1. The SMILES string of the molecule is Cc1ccc(F)cc1N1C(=O)CSC1c1cc(C)c(F)c(F)c1. The van der Waals surface area contributed by atoms with E-state index in [0.29, 0.717) is 11.3 Å². The molecule has 23 heavy (non-hydrogen) atoms. The number of halogens is 3. The molecule has 1 amide bonds. The fourth-order valence-corrected chi connectivity index (χ4v) is 3.82. The minimum absolute atomic E-state index is 0.177. The van der Waals surface area contributed by atoms with Gasteiger partial charge in [0.05, 0.1) is 11.4 Å². The molecule has 0 spiro atoms. The zero-order chi connectivity index (χ0) is 16.7. The van der Waals surface area contributed by atoms with Gasteiger partial charge in [0.15, 0.2) is 11.6 Å². The molecule has 0 bridgehead atoms. The van der Waals surface area contributed by atoms with Crippen molar-refractivity contribution in [1.82, 2.24) is 0 Å². The van der Waals surface area contributed by atoms with Crippen molar-refractivity contribution in [1.29, 1.82) is 0 Å². The summed E-state index contributed by atoms with van der Waals surface area (Å²) in [6, 6.07) is 6.83. The third kappa shape index (κ3) is 2.83. The summed E-state index contributed by atoms with van der Waals surface area (Å²) in [5, 5.41) is -0.503. The van der Waals surface area contributed by atoms with Crippen molar-refractivity contribution in [2.45, 2.75) is 19.2 Å². The number of thioether (sulfide) groups is 1. The van der Waals surface area contributed by atoms with E-state index in [9.17, 15) is 18.0 Å². The van der Waals surface area contributed by atoms with Crippen molar-refractivity contribution in [3.8, 4) is 0 Å². The molecule has 2 nitrogen and oxygen atoms in total. The van der Waals surface area contributed by atoms with Crippen LogP contribution in [0.3, 0.4) is 0 Å². The molecule has 6 heteroatoms. The maximum Gasteiger partial charge on any atom is 0.238 e. The zero-order valence-corrected chi connectivity index (χ0v) is 13.4. The average molecular weight is 337 g/mol. The first kappa shape index (κ1) is 15.9. The molecule has 1 aliphatic rings. The van der Waals surface area contributed by atoms with Crippen LogP contribution in [0.15, 0.2) is 30.3 Å². The summed E-state index contributed by atoms with van der Waals surface area (Å²) in [6.07, 6.45) is 0. The van der Waals surface area contributed by atoms with Crippen LogP contribution in [0.2, 0.25) is 0 Å². The van der Waals surface area contributed by atoms with Crippen LogP contribution >= 0.6 is 11.8 Å². The lowest BCUT2D eigenvalue weighted by Crippen LogP contribution is -2.28. The monoisotopic (exact) mass is 337 g/mol. The average Bonchev–Trinajstić information content (AvgIpc) is 2.88. The highest BCUT2D eigenvalue weighted by Crippen LogP contribution is 2.43. The number of nitrogens with zero attached hydrogens (tertiary/aromatic N) is 1. The maximum absolute atomic E-state index is 13.7. The van der Waals surface area contributed by atoms with Crippen molar-refractivity contribution in [2.24, 2.45) is 0 Å². The number of carbonyl (C=O) groups excluding carboxylic acids is 1. The molecule has 3 rings (SSSR count). The normalized spacial score (nSPS) is 17.9. The molecule has 1 heterocycles. The highest BCUT2D eigenvalue weighted by Gasteiger charge is 2.35. The zero-order valence-electron chi connectivity index (χ0n) is 12.6. The summed E-state index contributed by atoms with van der Waals surface area (Å²) in [6.45, 7) is 3.25. The van der Waals surface area contributed by atoms with Crippen molar-refractivity contribution in [3.63, 3.8) is 0 Å². The van der Waals surface area contributed by atoms with E-state index in [4.69, 9.17) is 0 Å². The molecule has 0 aromatic heterocycles. The Kier molecular flexibility index (Phi) is 4.10. The second-order valence-electron chi connectivity index (χ2n) is 5.49. The number of hydrogen-bond donors (Lipinski definition) is 0. The summed E-state index contributed by atoms with van der Waals surface area (Å²) < 4.78 is 40.8. The minimum Gasteiger partial charge on any atom is -0.295 e. The maximum atomic E-state index is 13.7. The van der Waals surface area contributed by atoms with Crippen LogP contribution in [-0.4, -0.2) is 11.7 Å². The van der Waals surface area contributed by atoms with Crippen LogP contribution < -0.4 is 4.90 Å². The number of amides is 1. The first-order chi connectivity index (χ1) is 10.9. The molecule has 2 aromatic carbocycles. The smallest absolute Gasteiger partial charge is 0.238 e. The number of benzene rings is 2. The van der Waals surface area contributed by atoms with Crippen LogP contribution in [0.1, 0.15) is 22.1 Å². The highest BCUT2D eigenvalue weighted by molar-refractivity contribution is 8.00. The van der Waals surface area contributed by atoms with Crippen LogP contribution in [0, 0.1) is 31.3 Å². The molecule has 0 radical (unpaired) electrons. The van der Waals surface area contributed by atoms with Crippen molar-refractivity contribution < 1.29 is 18.0 Å². The largest absolute Gasteiger partial charge is 0.295 e. The van der Waals surface area contributed by atoms with Gasteiger partial charge in [-0.15, -0.1) is 11.8 Å². The first-order valence-corrected chi connectivity index (χ1v) is 8.08. The van der Waals surface area contributed by atoms with E-state index in [1.54, 1.807) is 13.0 Å². The number of anilines is 1. The van der Waals surface area contributed by atoms with E-state index in [1.807, 2.05) is 0 Å². The number of aryl methyl sites for hydroxylation is 2. The molecule has 0 saturated carbocycles. The summed E-state index contributed by atoms with van der Waals surface area (Å²) >= 11 is 1.31. The van der Waals surface area contributed by atoms with Crippen LogP contribution in [-0.2, 0) is 4.79 Å². The third-order valence-electron chi connectivity index (χ3n) is 3.82. The van der Waals surface area contributed by atoms with Crippen LogP contribution in [0.5, 0.6) is 0 Å². The van der Waals surface area contributed by atoms with E-state index in [0.717, 1.165) is 11.6 Å². The summed E-state index contributed by atoms with van der Waals surface area (Å²) in [7, 11) is 0. The summed E-state index contributed by atoms with van der Waals surface area (Å²) in [5.74, 6) is -2.27. The lowest BCUT2D eigenvalue weighted by molar-refractivity contribution is -0.115. The molecule has 120 valence electrons. The Hall–Kier alpha value is -1.95. The fourth-order valence-electron chi connectivity index (χ4n) is 2.67. The molecular weight excluding hydrogens is 323 g/mol. The van der Waals surface area contributed by atoms with E-state index in [1.165, 1.54) is 41.8 Å². The number of rotatable bonds is 2. The molecule has 1 fully saturated rings. The van der Waals surface area contributed by atoms with Crippen LogP contribution in [0.4, 0.5) is 18.9 Å². The number of hydrogen-bond acceptors (Lipinski definition) is 2. The molecule has 1 aliphatic heterocycles. The summed E-state index contributed by atoms with van der Waals surface area (Å²) in [4.78, 5) is 13.7. The third-order valence-corrected chi connectivity index (χ3v) is 5.03. The Morgan fingerprint density at radius 2 is 1.83 bits per heavy atom. The molecule has 1 atom stereocenters. The van der Waals surface area contributed by atoms with Crippen molar-refractivity contribution in [2.75, 3.05) is 10.7 Å². The standard InChI is InChI=1S/C17H14F3NOS/c1-9-3-4-12(18)7-14(9)21-15(22)8-23-17(21)11-5-10(2)16(20)13(19)6-11/h3-7,17H,8H2,1-2H3. The van der Waals surface area contributed by atoms with Gasteiger partial charge in [-0.1, -0.05) is 12.1 Å². The molecule has 1 saturated heterocycles. The topological polar surface area (TPSA) is 20.3 Å². The molecule has 1 unspecified atom stereocenters. The second-order valence-corrected chi connectivity index (χ2v) is 6.56. The van der Waals surface area contributed by atoms with E-state index in [2.05, 4.69) is 0 Å². The lowest BCUT2D eigenvalue weighted by Gasteiger charge is -2.26. The molecule has 0 N–H and O–H groups in total. The molecule has 2 aromatic rings. The van der Waals surface area contributed by atoms with E-state index < -0.39 is 22.8 Å². The van der Waals surface area contributed by atoms with Gasteiger partial charge in [0.25, 0.3) is 0 Å². The van der Waals surface area contributed by atoms with Gasteiger partial charge in [-0.25, -0.2) is 13.2 Å². The minimum atomic E-state index is -0.948. The van der Waals surface area contributed by atoms with Crippen molar-refractivity contribution >= 4 is 23.4 Å². The lowest BCUT2D eigenvalue weighted by atomic mass is 10.1. The van der Waals surface area contributed by atoms with Gasteiger partial charge in [-0.3, -0.25) is 9.69 Å². The summed E-state index contributed by atoms with van der Waals surface area (Å²) in [5.41, 5.74) is 1.86. The first-order valence-electron chi connectivity index (χ1n) is 7.04. The Labute approximate surface area is 136 Å². The second kappa shape index (κ2) is 5.92. The quantitative estimate of drug-likeness (QED) is 0.804. The fraction of sp³-hybridized carbons (Fsp3) is 0.235. The Morgan fingerprint density at radius 3 is 2.52 bits per heavy atom. The Morgan fingerprint density at radius 1 is 1.09 bits per heavy atom. The highest BCUT2D eigenvalue weighted by atomic mass is 32.2. The Balaban J connectivity index is 2.09. The Bertz CT molecular complexity index is 770. The predicted molar refractivity (Wildman–Crippen MR) is 84.9 cm³/mol. The van der Waals surface area contributed by atoms with E-state index in [-0.39, 0.29) is 17.2 Å². The molecular formula is C17H14F3NOS.